The van der Waals surface area contributed by atoms with E-state index in [-0.39, 0.29) is 6.61 Å². The van der Waals surface area contributed by atoms with Crippen LogP contribution in [-0.4, -0.2) is 52.9 Å². The lowest BCUT2D eigenvalue weighted by Gasteiger charge is -2.20. The van der Waals surface area contributed by atoms with Crippen LogP contribution in [0.2, 0.25) is 0 Å². The molecule has 148 valence electrons. The number of unbranched alkanes of at least 4 members (excludes halogenated alkanes) is 10. The Morgan fingerprint density at radius 1 is 1.04 bits per heavy atom. The molecule has 1 fully saturated rings. The number of aliphatic hydroxyl groups excluding tert-OH is 3. The highest BCUT2D eigenvalue weighted by Crippen LogP contribution is 2.20. The fourth-order valence-corrected chi connectivity index (χ4v) is 3.15. The number of hydrogen-bond acceptors (Lipinski definition) is 5. The molecule has 0 aromatic rings. The van der Waals surface area contributed by atoms with Crippen molar-refractivity contribution in [2.45, 2.75) is 102 Å². The van der Waals surface area contributed by atoms with E-state index in [1.807, 2.05) is 6.08 Å². The zero-order valence-corrected chi connectivity index (χ0v) is 15.8. The average Bonchev–Trinajstić information content (AvgIpc) is 2.99. The molecule has 5 heteroatoms. The molecule has 4 atom stereocenters. The zero-order valence-electron chi connectivity index (χ0n) is 15.8. The van der Waals surface area contributed by atoms with Crippen LogP contribution >= 0.6 is 0 Å². The van der Waals surface area contributed by atoms with Gasteiger partial charge in [-0.15, -0.1) is 0 Å². The van der Waals surface area contributed by atoms with Crippen LogP contribution in [0.4, 0.5) is 0 Å². The standard InChI is InChI=1S/C20H38O5/c1-2-3-4-5-6-7-8-9-10-11-12-13-14-24-18-16-25-20(19(18)23)17(22)15-21/h13-14,17-23H,2-12,15-16H2,1H3/b14-13+/t17-,18+,19-,20-/m1/s1. The normalized spacial score (nSPS) is 24.9. The van der Waals surface area contributed by atoms with Crippen LogP contribution in [0, 0.1) is 0 Å². The van der Waals surface area contributed by atoms with Crippen molar-refractivity contribution in [2.75, 3.05) is 13.2 Å². The van der Waals surface area contributed by atoms with Crippen LogP contribution in [0.15, 0.2) is 12.3 Å². The monoisotopic (exact) mass is 358 g/mol. The van der Waals surface area contributed by atoms with Crippen molar-refractivity contribution in [3.05, 3.63) is 12.3 Å². The molecule has 0 spiro atoms. The van der Waals surface area contributed by atoms with Crippen LogP contribution in [0.25, 0.3) is 0 Å². The summed E-state index contributed by atoms with van der Waals surface area (Å²) in [6.07, 6.45) is 14.6. The van der Waals surface area contributed by atoms with Gasteiger partial charge < -0.3 is 24.8 Å². The molecule has 0 aliphatic carbocycles. The number of allylic oxidation sites excluding steroid dienone is 1. The lowest BCUT2D eigenvalue weighted by Crippen LogP contribution is -2.40. The summed E-state index contributed by atoms with van der Waals surface area (Å²) in [5.74, 6) is 0. The maximum Gasteiger partial charge on any atom is 0.149 e. The van der Waals surface area contributed by atoms with E-state index in [1.165, 1.54) is 57.8 Å². The molecular formula is C20H38O5. The molecule has 0 radical (unpaired) electrons. The van der Waals surface area contributed by atoms with Crippen molar-refractivity contribution in [2.24, 2.45) is 0 Å². The van der Waals surface area contributed by atoms with Gasteiger partial charge in [-0.1, -0.05) is 64.7 Å². The van der Waals surface area contributed by atoms with Crippen molar-refractivity contribution in [3.8, 4) is 0 Å². The Labute approximate surface area is 153 Å². The van der Waals surface area contributed by atoms with Gasteiger partial charge in [0, 0.05) is 0 Å². The van der Waals surface area contributed by atoms with Gasteiger partial charge in [-0.25, -0.2) is 0 Å². The van der Waals surface area contributed by atoms with Crippen LogP contribution in [-0.2, 0) is 9.47 Å². The summed E-state index contributed by atoms with van der Waals surface area (Å²) in [5.41, 5.74) is 0. The first kappa shape index (κ1) is 22.4. The minimum atomic E-state index is -1.07. The van der Waals surface area contributed by atoms with Crippen molar-refractivity contribution < 1.29 is 24.8 Å². The third-order valence-corrected chi connectivity index (χ3v) is 4.81. The lowest BCUT2D eigenvalue weighted by molar-refractivity contribution is -0.0689. The molecule has 1 saturated heterocycles. The van der Waals surface area contributed by atoms with E-state index in [0.29, 0.717) is 0 Å². The SMILES string of the molecule is CCCCCCCCCCCC/C=C/O[C@H]1CO[C@H]([C@H](O)CO)[C@@H]1O. The van der Waals surface area contributed by atoms with E-state index in [2.05, 4.69) is 6.92 Å². The van der Waals surface area contributed by atoms with E-state index in [4.69, 9.17) is 14.6 Å². The van der Waals surface area contributed by atoms with Gasteiger partial charge in [0.1, 0.15) is 24.4 Å². The molecule has 1 heterocycles. The minimum Gasteiger partial charge on any atom is -0.493 e. The van der Waals surface area contributed by atoms with Crippen LogP contribution in [0.1, 0.15) is 77.6 Å². The highest BCUT2D eigenvalue weighted by Gasteiger charge is 2.40. The van der Waals surface area contributed by atoms with Gasteiger partial charge in [0.15, 0.2) is 0 Å². The summed E-state index contributed by atoms with van der Waals surface area (Å²) >= 11 is 0. The fourth-order valence-electron chi connectivity index (χ4n) is 3.15. The Morgan fingerprint density at radius 2 is 1.64 bits per heavy atom. The summed E-state index contributed by atoms with van der Waals surface area (Å²) < 4.78 is 10.8. The first-order valence-corrected chi connectivity index (χ1v) is 10.1. The Kier molecular flexibility index (Phi) is 13.0. The second-order valence-electron chi connectivity index (χ2n) is 7.06. The van der Waals surface area contributed by atoms with E-state index >= 15 is 0 Å². The summed E-state index contributed by atoms with van der Waals surface area (Å²) in [5, 5.41) is 28.4. The predicted molar refractivity (Wildman–Crippen MR) is 99.3 cm³/mol. The molecule has 0 aromatic carbocycles. The molecule has 0 bridgehead atoms. The fraction of sp³-hybridized carbons (Fsp3) is 0.900. The smallest absolute Gasteiger partial charge is 0.149 e. The third-order valence-electron chi connectivity index (χ3n) is 4.81. The Morgan fingerprint density at radius 3 is 2.24 bits per heavy atom. The molecule has 0 aromatic heterocycles. The second kappa shape index (κ2) is 14.5. The maximum absolute atomic E-state index is 9.99. The summed E-state index contributed by atoms with van der Waals surface area (Å²) in [4.78, 5) is 0. The highest BCUT2D eigenvalue weighted by atomic mass is 16.6. The highest BCUT2D eigenvalue weighted by molar-refractivity contribution is 4.90. The average molecular weight is 359 g/mol. The maximum atomic E-state index is 9.99. The van der Waals surface area contributed by atoms with Crippen molar-refractivity contribution in [1.82, 2.24) is 0 Å². The molecule has 1 aliphatic rings. The number of hydrogen-bond donors (Lipinski definition) is 3. The first-order chi connectivity index (χ1) is 12.2. The van der Waals surface area contributed by atoms with Gasteiger partial charge in [-0.05, 0) is 18.9 Å². The van der Waals surface area contributed by atoms with Crippen LogP contribution in [0.3, 0.4) is 0 Å². The van der Waals surface area contributed by atoms with E-state index in [9.17, 15) is 10.2 Å². The minimum absolute atomic E-state index is 0.228. The third kappa shape index (κ3) is 9.59. The summed E-state index contributed by atoms with van der Waals surface area (Å²) in [6, 6.07) is 0. The summed E-state index contributed by atoms with van der Waals surface area (Å²) in [7, 11) is 0. The van der Waals surface area contributed by atoms with Crippen LogP contribution < -0.4 is 0 Å². The van der Waals surface area contributed by atoms with Gasteiger partial charge >= 0.3 is 0 Å². The van der Waals surface area contributed by atoms with Gasteiger partial charge in [-0.3, -0.25) is 0 Å². The van der Waals surface area contributed by atoms with Crippen molar-refractivity contribution >= 4 is 0 Å². The van der Waals surface area contributed by atoms with Gasteiger partial charge in [0.2, 0.25) is 0 Å². The largest absolute Gasteiger partial charge is 0.493 e. The Hall–Kier alpha value is -0.620. The Bertz CT molecular complexity index is 334. The lowest BCUT2D eigenvalue weighted by atomic mass is 10.1. The van der Waals surface area contributed by atoms with Crippen molar-refractivity contribution in [3.63, 3.8) is 0 Å². The molecule has 0 amide bonds. The number of aliphatic hydroxyl groups is 3. The van der Waals surface area contributed by atoms with E-state index in [1.54, 1.807) is 6.26 Å². The van der Waals surface area contributed by atoms with Crippen molar-refractivity contribution in [1.29, 1.82) is 0 Å². The van der Waals surface area contributed by atoms with Gasteiger partial charge in [-0.2, -0.15) is 0 Å². The van der Waals surface area contributed by atoms with E-state index in [0.717, 1.165) is 12.8 Å². The zero-order chi connectivity index (χ0) is 18.3. The number of ether oxygens (including phenoxy) is 2. The molecule has 3 N–H and O–H groups in total. The molecular weight excluding hydrogens is 320 g/mol. The molecule has 0 unspecified atom stereocenters. The van der Waals surface area contributed by atoms with Gasteiger partial charge in [0.25, 0.3) is 0 Å². The van der Waals surface area contributed by atoms with Gasteiger partial charge in [0.05, 0.1) is 19.5 Å². The second-order valence-corrected chi connectivity index (χ2v) is 7.06. The molecule has 25 heavy (non-hydrogen) atoms. The summed E-state index contributed by atoms with van der Waals surface area (Å²) in [6.45, 7) is 2.05. The predicted octanol–water partition coefficient (Wildman–Crippen LogP) is 3.31. The Balaban J connectivity index is 1.94. The van der Waals surface area contributed by atoms with E-state index < -0.39 is 31.0 Å². The topological polar surface area (TPSA) is 79.2 Å². The molecule has 1 aliphatic heterocycles. The quantitative estimate of drug-likeness (QED) is 0.309. The van der Waals surface area contributed by atoms with Crippen LogP contribution in [0.5, 0.6) is 0 Å². The molecule has 5 nitrogen and oxygen atoms in total. The molecule has 0 saturated carbocycles. The number of rotatable bonds is 15. The first-order valence-electron chi connectivity index (χ1n) is 10.1. The molecule has 1 rings (SSSR count).